The number of aliphatic hydroxyl groups excluding tert-OH is 1. The predicted octanol–water partition coefficient (Wildman–Crippen LogP) is 3.88. The minimum Gasteiger partial charge on any atom is -0.393 e. The summed E-state index contributed by atoms with van der Waals surface area (Å²) in [6, 6.07) is 5.20. The van der Waals surface area contributed by atoms with Crippen LogP contribution in [0.5, 0.6) is 0 Å². The molecule has 1 aliphatic carbocycles. The number of pyridine rings is 1. The Morgan fingerprint density at radius 3 is 2.59 bits per heavy atom. The van der Waals surface area contributed by atoms with Crippen LogP contribution in [0, 0.1) is 13.8 Å². The molecule has 0 radical (unpaired) electrons. The van der Waals surface area contributed by atoms with Gasteiger partial charge in [-0.05, 0) is 38.3 Å². The molecule has 2 aromatic heterocycles. The van der Waals surface area contributed by atoms with E-state index >= 15 is 0 Å². The van der Waals surface area contributed by atoms with E-state index in [0.29, 0.717) is 41.0 Å². The van der Waals surface area contributed by atoms with Crippen LogP contribution >= 0.6 is 0 Å². The summed E-state index contributed by atoms with van der Waals surface area (Å²) in [6.45, 7) is 3.06. The van der Waals surface area contributed by atoms with Crippen molar-refractivity contribution in [2.24, 2.45) is 0 Å². The molecule has 1 saturated carbocycles. The lowest BCUT2D eigenvalue weighted by molar-refractivity contribution is -0.138. The molecule has 1 atom stereocenters. The number of methoxy groups -OCH3 is 1. The Bertz CT molecular complexity index is 1220. The van der Waals surface area contributed by atoms with Gasteiger partial charge in [0, 0.05) is 31.0 Å². The number of hydrogen-bond acceptors (Lipinski definition) is 6. The second-order valence-electron chi connectivity index (χ2n) is 7.99. The molecule has 0 bridgehead atoms. The fraction of sp³-hybridized carbons (Fsp3) is 0.409. The number of anilines is 1. The van der Waals surface area contributed by atoms with Crippen LogP contribution in [0.2, 0.25) is 0 Å². The molecule has 170 valence electrons. The second-order valence-corrected chi connectivity index (χ2v) is 7.99. The molecular weight excluding hydrogens is 425 g/mol. The lowest BCUT2D eigenvalue weighted by Gasteiger charge is -2.33. The van der Waals surface area contributed by atoms with Gasteiger partial charge in [0.25, 0.3) is 5.56 Å². The Morgan fingerprint density at radius 2 is 1.97 bits per heavy atom. The van der Waals surface area contributed by atoms with Crippen molar-refractivity contribution in [1.82, 2.24) is 14.5 Å². The highest BCUT2D eigenvalue weighted by Gasteiger charge is 2.34. The molecule has 0 aliphatic heterocycles. The van der Waals surface area contributed by atoms with E-state index in [1.165, 1.54) is 30.7 Å². The summed E-state index contributed by atoms with van der Waals surface area (Å²) >= 11 is 0. The van der Waals surface area contributed by atoms with E-state index in [0.717, 1.165) is 6.07 Å². The highest BCUT2D eigenvalue weighted by atomic mass is 19.4. The third-order valence-electron chi connectivity index (χ3n) is 5.82. The van der Waals surface area contributed by atoms with E-state index < -0.39 is 24.1 Å². The van der Waals surface area contributed by atoms with Gasteiger partial charge in [-0.1, -0.05) is 12.1 Å². The largest absolute Gasteiger partial charge is 0.416 e. The number of nitrogens with one attached hydrogen (secondary N) is 1. The number of rotatable bonds is 5. The second kappa shape index (κ2) is 8.18. The summed E-state index contributed by atoms with van der Waals surface area (Å²) in [5.41, 5.74) is -0.191. The molecule has 7 nitrogen and oxygen atoms in total. The number of benzene rings is 1. The maximum Gasteiger partial charge on any atom is 0.416 e. The first kappa shape index (κ1) is 22.2. The molecule has 2 heterocycles. The monoisotopic (exact) mass is 448 g/mol. The van der Waals surface area contributed by atoms with E-state index in [4.69, 9.17) is 4.74 Å². The van der Waals surface area contributed by atoms with E-state index in [1.54, 1.807) is 19.2 Å². The van der Waals surface area contributed by atoms with Crippen molar-refractivity contribution in [3.8, 4) is 0 Å². The molecule has 1 aromatic carbocycles. The summed E-state index contributed by atoms with van der Waals surface area (Å²) in [5, 5.41) is 13.2. The highest BCUT2D eigenvalue weighted by molar-refractivity contribution is 5.88. The van der Waals surface area contributed by atoms with Crippen LogP contribution in [-0.4, -0.2) is 32.9 Å². The zero-order valence-corrected chi connectivity index (χ0v) is 17.8. The van der Waals surface area contributed by atoms with Crippen molar-refractivity contribution in [3.63, 3.8) is 0 Å². The molecule has 32 heavy (non-hydrogen) atoms. The number of nitrogens with zero attached hydrogens (tertiary/aromatic N) is 3. The summed E-state index contributed by atoms with van der Waals surface area (Å²) < 4.78 is 47.2. The van der Waals surface area contributed by atoms with E-state index in [2.05, 4.69) is 15.3 Å². The van der Waals surface area contributed by atoms with Gasteiger partial charge in [-0.3, -0.25) is 4.79 Å². The van der Waals surface area contributed by atoms with Crippen molar-refractivity contribution in [2.75, 3.05) is 12.4 Å². The van der Waals surface area contributed by atoms with Crippen LogP contribution in [0.1, 0.15) is 47.6 Å². The number of aliphatic hydroxyl groups is 1. The van der Waals surface area contributed by atoms with E-state index in [1.807, 2.05) is 0 Å². The zero-order valence-electron chi connectivity index (χ0n) is 17.8. The molecule has 1 unspecified atom stereocenters. The number of aryl methyl sites for hydroxylation is 1. The first-order valence-corrected chi connectivity index (χ1v) is 10.1. The summed E-state index contributed by atoms with van der Waals surface area (Å²) in [7, 11) is 1.39. The molecule has 10 heteroatoms. The van der Waals surface area contributed by atoms with Gasteiger partial charge in [-0.2, -0.15) is 13.2 Å². The predicted molar refractivity (Wildman–Crippen MR) is 112 cm³/mol. The Hall–Kier alpha value is -2.98. The molecule has 4 rings (SSSR count). The zero-order chi connectivity index (χ0) is 23.2. The average Bonchev–Trinajstić information content (AvgIpc) is 2.68. The van der Waals surface area contributed by atoms with E-state index in [-0.39, 0.29) is 17.2 Å². The maximum atomic E-state index is 13.4. The fourth-order valence-corrected chi connectivity index (χ4v) is 4.05. The normalized spacial score (nSPS) is 19.6. The smallest absolute Gasteiger partial charge is 0.393 e. The van der Waals surface area contributed by atoms with Gasteiger partial charge in [0.15, 0.2) is 6.23 Å². The molecule has 3 aromatic rings. The van der Waals surface area contributed by atoms with Crippen molar-refractivity contribution in [3.05, 3.63) is 63.3 Å². The number of alkyl halides is 3. The van der Waals surface area contributed by atoms with Gasteiger partial charge in [-0.15, -0.1) is 0 Å². The van der Waals surface area contributed by atoms with Crippen LogP contribution < -0.4 is 10.9 Å². The van der Waals surface area contributed by atoms with Crippen LogP contribution in [-0.2, 0) is 10.9 Å². The highest BCUT2D eigenvalue weighted by Crippen LogP contribution is 2.36. The van der Waals surface area contributed by atoms with Gasteiger partial charge < -0.3 is 19.7 Å². The Balaban J connectivity index is 1.78. The van der Waals surface area contributed by atoms with Gasteiger partial charge in [0.1, 0.15) is 11.6 Å². The van der Waals surface area contributed by atoms with Gasteiger partial charge >= 0.3 is 6.18 Å². The number of halogens is 3. The number of ether oxygens (including phenoxy) is 1. The molecule has 2 N–H and O–H groups in total. The summed E-state index contributed by atoms with van der Waals surface area (Å²) in [6.07, 6.45) is -3.26. The van der Waals surface area contributed by atoms with Crippen LogP contribution in [0.3, 0.4) is 0 Å². The first-order chi connectivity index (χ1) is 15.1. The van der Waals surface area contributed by atoms with Crippen molar-refractivity contribution in [2.45, 2.75) is 51.2 Å². The van der Waals surface area contributed by atoms with E-state index in [9.17, 15) is 23.1 Å². The Morgan fingerprint density at radius 1 is 1.25 bits per heavy atom. The molecule has 1 aliphatic rings. The van der Waals surface area contributed by atoms with Gasteiger partial charge in [0.05, 0.1) is 22.6 Å². The standard InChI is InChI=1S/C22H23F3N4O3/c1-11-15(5-4-6-17(11)22(23,24)25)21(32-3)28-20-16-10-29(13-7-14(30)8-13)19(31)9-18(16)26-12(2)27-20/h4-6,9-10,13-14,21,30H,7-8H2,1-3H3,(H,26,27,28)/t13-,14+,21?. The van der Waals surface area contributed by atoms with Crippen LogP contribution in [0.4, 0.5) is 19.0 Å². The Labute approximate surface area is 181 Å². The first-order valence-electron chi connectivity index (χ1n) is 10.1. The fourth-order valence-electron chi connectivity index (χ4n) is 4.05. The maximum absolute atomic E-state index is 13.4. The molecule has 0 spiro atoms. The Kier molecular flexibility index (Phi) is 5.68. The lowest BCUT2D eigenvalue weighted by atomic mass is 9.89. The molecule has 1 fully saturated rings. The number of hydrogen-bond donors (Lipinski definition) is 2. The lowest BCUT2D eigenvalue weighted by Crippen LogP contribution is -2.36. The van der Waals surface area contributed by atoms with Crippen LogP contribution in [0.25, 0.3) is 10.9 Å². The van der Waals surface area contributed by atoms with Crippen LogP contribution in [0.15, 0.2) is 35.3 Å². The molecular formula is C22H23F3N4O3. The van der Waals surface area contributed by atoms with Gasteiger partial charge in [-0.25, -0.2) is 9.97 Å². The minimum atomic E-state index is -4.49. The third-order valence-corrected chi connectivity index (χ3v) is 5.82. The number of aromatic nitrogens is 3. The molecule has 0 saturated heterocycles. The van der Waals surface area contributed by atoms with Crippen molar-refractivity contribution < 1.29 is 23.0 Å². The van der Waals surface area contributed by atoms with Gasteiger partial charge in [0.2, 0.25) is 0 Å². The summed E-state index contributed by atoms with van der Waals surface area (Å²) in [5.74, 6) is 0.733. The molecule has 0 amide bonds. The average molecular weight is 448 g/mol. The minimum absolute atomic E-state index is 0.0507. The van der Waals surface area contributed by atoms with Crippen molar-refractivity contribution >= 4 is 16.7 Å². The quantitative estimate of drug-likeness (QED) is 0.576. The number of fused-ring (bicyclic) bond motifs is 1. The SMILES string of the molecule is COC(Nc1nc(C)nc2cc(=O)n([C@H]3C[C@@H](O)C3)cc12)c1cccc(C(F)(F)F)c1C. The topological polar surface area (TPSA) is 89.3 Å². The van der Waals surface area contributed by atoms with Crippen molar-refractivity contribution in [1.29, 1.82) is 0 Å². The summed E-state index contributed by atoms with van der Waals surface area (Å²) in [4.78, 5) is 21.3. The third kappa shape index (κ3) is 4.07.